The van der Waals surface area contributed by atoms with Gasteiger partial charge in [0.15, 0.2) is 5.96 Å². The minimum absolute atomic E-state index is 0.357. The average molecular weight is 384 g/mol. The Balaban J connectivity index is 1.58. The van der Waals surface area contributed by atoms with Crippen molar-refractivity contribution in [3.8, 4) is 0 Å². The number of benzene rings is 2. The third kappa shape index (κ3) is 5.55. The average Bonchev–Trinajstić information content (AvgIpc) is 3.24. The molecule has 2 aromatic carbocycles. The highest BCUT2D eigenvalue weighted by Gasteiger charge is 2.08. The van der Waals surface area contributed by atoms with E-state index in [0.29, 0.717) is 31.0 Å². The van der Waals surface area contributed by atoms with Gasteiger partial charge < -0.3 is 15.5 Å². The lowest BCUT2D eigenvalue weighted by molar-refractivity contribution is 0.583. The first kappa shape index (κ1) is 19.9. The van der Waals surface area contributed by atoms with Gasteiger partial charge in [0.1, 0.15) is 11.6 Å². The molecule has 2 aromatic rings. The van der Waals surface area contributed by atoms with Crippen molar-refractivity contribution in [3.63, 3.8) is 0 Å². The van der Waals surface area contributed by atoms with Gasteiger partial charge in [-0.25, -0.2) is 13.8 Å². The fraction of sp³-hybridized carbons (Fsp3) is 0.318. The van der Waals surface area contributed by atoms with E-state index in [2.05, 4.69) is 50.9 Å². The monoisotopic (exact) mass is 384 g/mol. The summed E-state index contributed by atoms with van der Waals surface area (Å²) in [7, 11) is 0. The van der Waals surface area contributed by atoms with E-state index in [-0.39, 0.29) is 0 Å². The summed E-state index contributed by atoms with van der Waals surface area (Å²) in [6.07, 6.45) is 4.71. The molecule has 3 rings (SSSR count). The predicted molar refractivity (Wildman–Crippen MR) is 111 cm³/mol. The second kappa shape index (κ2) is 9.88. The third-order valence-corrected chi connectivity index (χ3v) is 4.55. The maximum atomic E-state index is 13.7. The first-order valence-corrected chi connectivity index (χ1v) is 9.60. The summed E-state index contributed by atoms with van der Waals surface area (Å²) in [6, 6.07) is 11.9. The largest absolute Gasteiger partial charge is 0.364 e. The molecule has 4 nitrogen and oxygen atoms in total. The zero-order valence-corrected chi connectivity index (χ0v) is 16.1. The fourth-order valence-corrected chi connectivity index (χ4v) is 3.10. The number of anilines is 1. The second-order valence-electron chi connectivity index (χ2n) is 6.65. The second-order valence-corrected chi connectivity index (χ2v) is 6.65. The van der Waals surface area contributed by atoms with E-state index in [0.717, 1.165) is 37.3 Å². The lowest BCUT2D eigenvalue weighted by atomic mass is 10.1. The number of rotatable bonds is 7. The van der Waals surface area contributed by atoms with E-state index in [9.17, 15) is 8.78 Å². The van der Waals surface area contributed by atoms with Crippen LogP contribution in [0.3, 0.4) is 0 Å². The van der Waals surface area contributed by atoms with E-state index in [1.165, 1.54) is 11.8 Å². The molecule has 0 aliphatic carbocycles. The molecule has 148 valence electrons. The number of aliphatic imine (C=N–C) groups is 1. The normalized spacial score (nSPS) is 13.8. The molecule has 1 aliphatic heterocycles. The van der Waals surface area contributed by atoms with Crippen LogP contribution in [0.2, 0.25) is 0 Å². The molecular weight excluding hydrogens is 358 g/mol. The van der Waals surface area contributed by atoms with Crippen LogP contribution in [0.25, 0.3) is 0 Å². The first-order valence-electron chi connectivity index (χ1n) is 9.60. The van der Waals surface area contributed by atoms with E-state index in [1.54, 1.807) is 0 Å². The van der Waals surface area contributed by atoms with E-state index >= 15 is 0 Å². The number of nitrogens with zero attached hydrogens (tertiary/aromatic N) is 2. The van der Waals surface area contributed by atoms with Crippen molar-refractivity contribution in [2.24, 2.45) is 4.99 Å². The molecular formula is C22H26F2N4. The molecule has 0 atom stereocenters. The first-order chi connectivity index (χ1) is 13.7. The minimum Gasteiger partial charge on any atom is -0.364 e. The van der Waals surface area contributed by atoms with Gasteiger partial charge in [0.25, 0.3) is 0 Å². The summed E-state index contributed by atoms with van der Waals surface area (Å²) >= 11 is 0. The van der Waals surface area contributed by atoms with E-state index in [4.69, 9.17) is 0 Å². The molecule has 0 radical (unpaired) electrons. The molecule has 0 aromatic heterocycles. The molecule has 0 saturated carbocycles. The van der Waals surface area contributed by atoms with Crippen LogP contribution in [0, 0.1) is 11.6 Å². The topological polar surface area (TPSA) is 39.7 Å². The van der Waals surface area contributed by atoms with Gasteiger partial charge in [0.2, 0.25) is 0 Å². The molecule has 0 fully saturated rings. The number of hydrogen-bond acceptors (Lipinski definition) is 2. The van der Waals surface area contributed by atoms with Crippen LogP contribution >= 0.6 is 0 Å². The maximum Gasteiger partial charge on any atom is 0.191 e. The summed E-state index contributed by atoms with van der Waals surface area (Å²) in [5.74, 6) is -0.157. The van der Waals surface area contributed by atoms with Gasteiger partial charge in [0.05, 0.1) is 6.54 Å². The Kier molecular flexibility index (Phi) is 7.00. The molecule has 0 amide bonds. The summed E-state index contributed by atoms with van der Waals surface area (Å²) in [5, 5.41) is 6.37. The lowest BCUT2D eigenvalue weighted by Crippen LogP contribution is -2.38. The van der Waals surface area contributed by atoms with Gasteiger partial charge >= 0.3 is 0 Å². The number of guanidine groups is 1. The summed E-state index contributed by atoms with van der Waals surface area (Å²) in [5.41, 5.74) is 2.67. The van der Waals surface area contributed by atoms with Crippen LogP contribution in [-0.4, -0.2) is 32.1 Å². The van der Waals surface area contributed by atoms with Crippen molar-refractivity contribution in [1.82, 2.24) is 10.6 Å². The zero-order valence-electron chi connectivity index (χ0n) is 16.1. The van der Waals surface area contributed by atoms with Crippen molar-refractivity contribution in [2.45, 2.75) is 19.9 Å². The molecule has 0 bridgehead atoms. The molecule has 2 N–H and O–H groups in total. The number of hydrogen-bond donors (Lipinski definition) is 2. The molecule has 1 heterocycles. The third-order valence-electron chi connectivity index (χ3n) is 4.55. The SMILES string of the molecule is CCNC(=NCc1cccc(N2CC=CC2)c1)NCCc1cc(F)ccc1F. The van der Waals surface area contributed by atoms with Crippen LogP contribution in [0.5, 0.6) is 0 Å². The van der Waals surface area contributed by atoms with Crippen molar-refractivity contribution in [2.75, 3.05) is 31.1 Å². The smallest absolute Gasteiger partial charge is 0.191 e. The number of halogens is 2. The Hall–Kier alpha value is -2.89. The highest BCUT2D eigenvalue weighted by atomic mass is 19.1. The van der Waals surface area contributed by atoms with Crippen LogP contribution in [-0.2, 0) is 13.0 Å². The van der Waals surface area contributed by atoms with Crippen molar-refractivity contribution in [1.29, 1.82) is 0 Å². The van der Waals surface area contributed by atoms with Crippen molar-refractivity contribution in [3.05, 3.63) is 77.4 Å². The van der Waals surface area contributed by atoms with Gasteiger partial charge in [0, 0.05) is 31.9 Å². The molecule has 0 saturated heterocycles. The van der Waals surface area contributed by atoms with Crippen LogP contribution in [0.1, 0.15) is 18.1 Å². The fourth-order valence-electron chi connectivity index (χ4n) is 3.10. The van der Waals surface area contributed by atoms with Crippen molar-refractivity contribution < 1.29 is 8.78 Å². The summed E-state index contributed by atoms with van der Waals surface area (Å²) in [4.78, 5) is 6.91. The van der Waals surface area contributed by atoms with Crippen molar-refractivity contribution >= 4 is 11.6 Å². The zero-order chi connectivity index (χ0) is 19.8. The Bertz CT molecular complexity index is 840. The summed E-state index contributed by atoms with van der Waals surface area (Å²) < 4.78 is 27.0. The van der Waals surface area contributed by atoms with E-state index in [1.807, 2.05) is 13.0 Å². The molecule has 28 heavy (non-hydrogen) atoms. The molecule has 6 heteroatoms. The Morgan fingerprint density at radius 3 is 2.68 bits per heavy atom. The molecule has 0 spiro atoms. The highest BCUT2D eigenvalue weighted by molar-refractivity contribution is 5.79. The van der Waals surface area contributed by atoms with Gasteiger partial charge in [-0.15, -0.1) is 0 Å². The maximum absolute atomic E-state index is 13.7. The lowest BCUT2D eigenvalue weighted by Gasteiger charge is -2.18. The Labute approximate surface area is 165 Å². The minimum atomic E-state index is -0.426. The van der Waals surface area contributed by atoms with Gasteiger partial charge in [-0.3, -0.25) is 0 Å². The van der Waals surface area contributed by atoms with Gasteiger partial charge in [-0.2, -0.15) is 0 Å². The predicted octanol–water partition coefficient (Wildman–Crippen LogP) is 3.64. The Morgan fingerprint density at radius 1 is 1.07 bits per heavy atom. The van der Waals surface area contributed by atoms with Gasteiger partial charge in [-0.05, 0) is 54.8 Å². The van der Waals surface area contributed by atoms with Crippen LogP contribution < -0.4 is 15.5 Å². The van der Waals surface area contributed by atoms with Crippen LogP contribution in [0.4, 0.5) is 14.5 Å². The molecule has 1 aliphatic rings. The standard InChI is InChI=1S/C22H26F2N4/c1-2-25-22(26-11-10-18-15-19(23)8-9-21(18)24)27-16-17-6-5-7-20(14-17)28-12-3-4-13-28/h3-9,14-15H,2,10-13,16H2,1H3,(H2,25,26,27). The Morgan fingerprint density at radius 2 is 1.89 bits per heavy atom. The van der Waals surface area contributed by atoms with Gasteiger partial charge in [-0.1, -0.05) is 24.3 Å². The highest BCUT2D eigenvalue weighted by Crippen LogP contribution is 2.19. The summed E-state index contributed by atoms with van der Waals surface area (Å²) in [6.45, 7) is 5.59. The molecule has 0 unspecified atom stereocenters. The number of nitrogens with one attached hydrogen (secondary N) is 2. The van der Waals surface area contributed by atoms with E-state index < -0.39 is 11.6 Å². The van der Waals surface area contributed by atoms with Crippen LogP contribution in [0.15, 0.2) is 59.6 Å². The quantitative estimate of drug-likeness (QED) is 0.435.